The molecule has 8 heteroatoms. The van der Waals surface area contributed by atoms with Gasteiger partial charge in [0, 0.05) is 18.7 Å². The third kappa shape index (κ3) is 4.23. The van der Waals surface area contributed by atoms with E-state index in [1.165, 1.54) is 0 Å². The molecule has 1 aromatic rings. The molecular formula is C13H15FN2O5. The van der Waals surface area contributed by atoms with Crippen LogP contribution in [0.3, 0.4) is 0 Å². The van der Waals surface area contributed by atoms with Gasteiger partial charge in [0.1, 0.15) is 11.4 Å². The van der Waals surface area contributed by atoms with Gasteiger partial charge in [-0.15, -0.1) is 0 Å². The number of hydrogen-bond acceptors (Lipinski definition) is 4. The zero-order valence-corrected chi connectivity index (χ0v) is 11.6. The Morgan fingerprint density at radius 1 is 1.43 bits per heavy atom. The molecule has 1 rings (SSSR count). The first kappa shape index (κ1) is 16.5. The van der Waals surface area contributed by atoms with Gasteiger partial charge in [0.2, 0.25) is 0 Å². The number of carbonyl (C=O) groups excluding carboxylic acids is 1. The number of nitro benzene ring substituents is 1. The van der Waals surface area contributed by atoms with E-state index in [4.69, 9.17) is 5.11 Å². The lowest BCUT2D eigenvalue weighted by Gasteiger charge is -2.26. The summed E-state index contributed by atoms with van der Waals surface area (Å²) in [5.74, 6) is -2.63. The first-order chi connectivity index (χ1) is 9.73. The second kappa shape index (κ2) is 6.78. The molecular weight excluding hydrogens is 283 g/mol. The molecule has 0 aliphatic heterocycles. The van der Waals surface area contributed by atoms with E-state index in [1.807, 2.05) is 0 Å². The molecule has 0 atom stereocenters. The van der Waals surface area contributed by atoms with E-state index >= 15 is 0 Å². The maximum absolute atomic E-state index is 13.3. The Kier molecular flexibility index (Phi) is 5.34. The minimum absolute atomic E-state index is 0.112. The van der Waals surface area contributed by atoms with Gasteiger partial charge in [-0.05, 0) is 26.0 Å². The third-order valence-corrected chi connectivity index (χ3v) is 2.84. The number of carbonyl (C=O) groups is 2. The first-order valence-electron chi connectivity index (χ1n) is 6.20. The van der Waals surface area contributed by atoms with Gasteiger partial charge < -0.3 is 10.0 Å². The standard InChI is InChI=1S/C13H15FN2O5/c1-8(2)15(6-5-12(17)18)13(19)10-7-9(14)3-4-11(10)16(20)21/h3-4,7-8H,5-6H2,1-2H3,(H,17,18). The Hall–Kier alpha value is -2.51. The van der Waals surface area contributed by atoms with Crippen molar-refractivity contribution in [2.24, 2.45) is 0 Å². The Labute approximate surface area is 120 Å². The molecule has 0 saturated carbocycles. The van der Waals surface area contributed by atoms with Crippen LogP contribution < -0.4 is 0 Å². The molecule has 0 aliphatic carbocycles. The van der Waals surface area contributed by atoms with Gasteiger partial charge in [-0.25, -0.2) is 4.39 Å². The van der Waals surface area contributed by atoms with E-state index in [0.717, 1.165) is 23.1 Å². The molecule has 0 aliphatic rings. The van der Waals surface area contributed by atoms with E-state index in [9.17, 15) is 24.1 Å². The van der Waals surface area contributed by atoms with Crippen molar-refractivity contribution < 1.29 is 24.0 Å². The van der Waals surface area contributed by atoms with Gasteiger partial charge in [0.15, 0.2) is 0 Å². The Morgan fingerprint density at radius 2 is 2.05 bits per heavy atom. The maximum atomic E-state index is 13.3. The second-order valence-corrected chi connectivity index (χ2v) is 4.65. The molecule has 21 heavy (non-hydrogen) atoms. The van der Waals surface area contributed by atoms with Crippen LogP contribution >= 0.6 is 0 Å². The molecule has 0 heterocycles. The monoisotopic (exact) mass is 298 g/mol. The van der Waals surface area contributed by atoms with Crippen molar-refractivity contribution in [1.82, 2.24) is 4.90 Å². The number of aliphatic carboxylic acids is 1. The molecule has 114 valence electrons. The lowest BCUT2D eigenvalue weighted by Crippen LogP contribution is -2.38. The molecule has 1 N–H and O–H groups in total. The number of halogens is 1. The first-order valence-corrected chi connectivity index (χ1v) is 6.20. The smallest absolute Gasteiger partial charge is 0.305 e. The fourth-order valence-corrected chi connectivity index (χ4v) is 1.80. The van der Waals surface area contributed by atoms with Crippen molar-refractivity contribution in [3.05, 3.63) is 39.7 Å². The zero-order chi connectivity index (χ0) is 16.2. The number of benzene rings is 1. The number of nitrogens with zero attached hydrogens (tertiary/aromatic N) is 2. The van der Waals surface area contributed by atoms with Gasteiger partial charge >= 0.3 is 5.97 Å². The van der Waals surface area contributed by atoms with Crippen molar-refractivity contribution in [2.75, 3.05) is 6.54 Å². The fourth-order valence-electron chi connectivity index (χ4n) is 1.80. The van der Waals surface area contributed by atoms with E-state index in [2.05, 4.69) is 0 Å². The molecule has 0 saturated heterocycles. The summed E-state index contributed by atoms with van der Waals surface area (Å²) >= 11 is 0. The van der Waals surface area contributed by atoms with Gasteiger partial charge in [-0.2, -0.15) is 0 Å². The number of amides is 1. The minimum atomic E-state index is -1.10. The van der Waals surface area contributed by atoms with E-state index < -0.39 is 28.3 Å². The van der Waals surface area contributed by atoms with Gasteiger partial charge in [0.25, 0.3) is 11.6 Å². The van der Waals surface area contributed by atoms with Crippen LogP contribution in [-0.2, 0) is 4.79 Å². The molecule has 0 unspecified atom stereocenters. The topological polar surface area (TPSA) is 101 Å². The lowest BCUT2D eigenvalue weighted by atomic mass is 10.1. The van der Waals surface area contributed by atoms with Gasteiger partial charge in [-0.3, -0.25) is 19.7 Å². The summed E-state index contributed by atoms with van der Waals surface area (Å²) in [5.41, 5.74) is -0.901. The largest absolute Gasteiger partial charge is 0.481 e. The molecule has 0 bridgehead atoms. The van der Waals surface area contributed by atoms with E-state index in [-0.39, 0.29) is 24.6 Å². The molecule has 0 aromatic heterocycles. The third-order valence-electron chi connectivity index (χ3n) is 2.84. The zero-order valence-electron chi connectivity index (χ0n) is 11.6. The van der Waals surface area contributed by atoms with E-state index in [1.54, 1.807) is 13.8 Å². The summed E-state index contributed by atoms with van der Waals surface area (Å²) < 4.78 is 13.3. The molecule has 0 radical (unpaired) electrons. The highest BCUT2D eigenvalue weighted by Crippen LogP contribution is 2.22. The molecule has 0 spiro atoms. The molecule has 1 amide bonds. The van der Waals surface area contributed by atoms with Gasteiger partial charge in [0.05, 0.1) is 11.3 Å². The van der Waals surface area contributed by atoms with E-state index in [0.29, 0.717) is 0 Å². The molecule has 0 fully saturated rings. The number of carboxylic acids is 1. The lowest BCUT2D eigenvalue weighted by molar-refractivity contribution is -0.385. The number of carboxylic acid groups (broad SMARTS) is 1. The summed E-state index contributed by atoms with van der Waals surface area (Å²) in [7, 11) is 0. The average Bonchev–Trinajstić information content (AvgIpc) is 2.37. The second-order valence-electron chi connectivity index (χ2n) is 4.65. The highest BCUT2D eigenvalue weighted by atomic mass is 19.1. The number of hydrogen-bond donors (Lipinski definition) is 1. The fraction of sp³-hybridized carbons (Fsp3) is 0.385. The van der Waals surface area contributed by atoms with Crippen LogP contribution in [0.1, 0.15) is 30.6 Å². The number of nitro groups is 1. The van der Waals surface area contributed by atoms with Crippen molar-refractivity contribution in [1.29, 1.82) is 0 Å². The summed E-state index contributed by atoms with van der Waals surface area (Å²) in [6, 6.07) is 2.22. The SMILES string of the molecule is CC(C)N(CCC(=O)O)C(=O)c1cc(F)ccc1[N+](=O)[O-]. The van der Waals surface area contributed by atoms with Crippen molar-refractivity contribution in [3.63, 3.8) is 0 Å². The number of rotatable bonds is 6. The quantitative estimate of drug-likeness (QED) is 0.640. The summed E-state index contributed by atoms with van der Waals surface area (Å²) in [6.07, 6.45) is -0.299. The summed E-state index contributed by atoms with van der Waals surface area (Å²) in [5, 5.41) is 19.6. The summed E-state index contributed by atoms with van der Waals surface area (Å²) in [6.45, 7) is 3.18. The maximum Gasteiger partial charge on any atom is 0.305 e. The van der Waals surface area contributed by atoms with Crippen LogP contribution in [0.15, 0.2) is 18.2 Å². The predicted octanol–water partition coefficient (Wildman–Crippen LogP) is 2.06. The van der Waals surface area contributed by atoms with Crippen LogP contribution in [0.25, 0.3) is 0 Å². The van der Waals surface area contributed by atoms with Crippen LogP contribution in [0.4, 0.5) is 10.1 Å². The Bertz CT molecular complexity index is 574. The predicted molar refractivity (Wildman–Crippen MR) is 71.5 cm³/mol. The summed E-state index contributed by atoms with van der Waals surface area (Å²) in [4.78, 5) is 34.2. The normalized spacial score (nSPS) is 10.5. The van der Waals surface area contributed by atoms with Crippen molar-refractivity contribution in [2.45, 2.75) is 26.3 Å². The Morgan fingerprint density at radius 3 is 2.52 bits per heavy atom. The van der Waals surface area contributed by atoms with Crippen molar-refractivity contribution >= 4 is 17.6 Å². The van der Waals surface area contributed by atoms with Crippen LogP contribution in [-0.4, -0.2) is 39.4 Å². The Balaban J connectivity index is 3.17. The van der Waals surface area contributed by atoms with Crippen LogP contribution in [0.2, 0.25) is 0 Å². The molecule has 7 nitrogen and oxygen atoms in total. The molecule has 1 aromatic carbocycles. The highest BCUT2D eigenvalue weighted by Gasteiger charge is 2.27. The average molecular weight is 298 g/mol. The highest BCUT2D eigenvalue weighted by molar-refractivity contribution is 5.98. The van der Waals surface area contributed by atoms with Crippen LogP contribution in [0, 0.1) is 15.9 Å². The van der Waals surface area contributed by atoms with Crippen molar-refractivity contribution in [3.8, 4) is 0 Å². The van der Waals surface area contributed by atoms with Crippen LogP contribution in [0.5, 0.6) is 0 Å². The van der Waals surface area contributed by atoms with Gasteiger partial charge in [-0.1, -0.05) is 0 Å². The minimum Gasteiger partial charge on any atom is -0.481 e.